The number of aliphatic hydroxyl groups excluding tert-OH is 1. The molecule has 1 aromatic heterocycles. The highest BCUT2D eigenvalue weighted by Crippen LogP contribution is 2.39. The van der Waals surface area contributed by atoms with Crippen molar-refractivity contribution < 1.29 is 19.1 Å². The molecular formula is C31H38N2O4. The molecule has 2 aliphatic rings. The van der Waals surface area contributed by atoms with E-state index in [4.69, 9.17) is 9.15 Å². The summed E-state index contributed by atoms with van der Waals surface area (Å²) in [5.41, 5.74) is 4.35. The molecule has 0 radical (unpaired) electrons. The minimum atomic E-state index is -0.275. The van der Waals surface area contributed by atoms with Gasteiger partial charge in [-0.3, -0.25) is 4.79 Å². The molecule has 6 nitrogen and oxygen atoms in total. The van der Waals surface area contributed by atoms with Crippen molar-refractivity contribution in [3.05, 3.63) is 66.1 Å². The fourth-order valence-electron chi connectivity index (χ4n) is 6.13. The molecule has 0 atom stereocenters. The number of oxazole rings is 1. The summed E-state index contributed by atoms with van der Waals surface area (Å²) in [4.78, 5) is 20.2. The van der Waals surface area contributed by atoms with Gasteiger partial charge in [0.1, 0.15) is 12.0 Å². The Hall–Kier alpha value is -3.12. The van der Waals surface area contributed by atoms with Gasteiger partial charge in [-0.25, -0.2) is 4.98 Å². The fraction of sp³-hybridized carbons (Fsp3) is 0.484. The molecule has 0 spiro atoms. The zero-order valence-corrected chi connectivity index (χ0v) is 21.9. The normalized spacial score (nSPS) is 24.0. The predicted molar refractivity (Wildman–Crippen MR) is 145 cm³/mol. The second kappa shape index (κ2) is 11.5. The number of rotatable bonds is 7. The molecule has 0 aliphatic heterocycles. The first-order chi connectivity index (χ1) is 18.0. The Kier molecular flexibility index (Phi) is 7.94. The van der Waals surface area contributed by atoms with Crippen molar-refractivity contribution in [1.29, 1.82) is 0 Å². The van der Waals surface area contributed by atoms with E-state index >= 15 is 0 Å². The van der Waals surface area contributed by atoms with E-state index in [-0.39, 0.29) is 17.9 Å². The van der Waals surface area contributed by atoms with Crippen LogP contribution in [0.2, 0.25) is 0 Å². The number of carbonyl (C=O) groups excluding carboxylic acids is 1. The van der Waals surface area contributed by atoms with Crippen LogP contribution in [0.5, 0.6) is 5.75 Å². The summed E-state index contributed by atoms with van der Waals surface area (Å²) in [7, 11) is 1.72. The van der Waals surface area contributed by atoms with Crippen molar-refractivity contribution in [3.63, 3.8) is 0 Å². The molecule has 6 heteroatoms. The molecule has 196 valence electrons. The maximum Gasteiger partial charge on any atom is 0.230 e. The van der Waals surface area contributed by atoms with E-state index in [1.54, 1.807) is 19.6 Å². The van der Waals surface area contributed by atoms with Gasteiger partial charge in [-0.15, -0.1) is 0 Å². The number of aryl methyl sites for hydroxylation is 1. The van der Waals surface area contributed by atoms with Gasteiger partial charge in [0.25, 0.3) is 0 Å². The van der Waals surface area contributed by atoms with Crippen LogP contribution in [0, 0.1) is 18.8 Å². The predicted octanol–water partition coefficient (Wildman–Crippen LogP) is 6.52. The van der Waals surface area contributed by atoms with Crippen LogP contribution in [0.1, 0.15) is 68.4 Å². The van der Waals surface area contributed by atoms with E-state index in [2.05, 4.69) is 30.1 Å². The van der Waals surface area contributed by atoms with Gasteiger partial charge in [0.15, 0.2) is 0 Å². The highest BCUT2D eigenvalue weighted by molar-refractivity contribution is 5.95. The smallest absolute Gasteiger partial charge is 0.230 e. The molecule has 5 rings (SSSR count). The van der Waals surface area contributed by atoms with Gasteiger partial charge in [-0.05, 0) is 106 Å². The van der Waals surface area contributed by atoms with Gasteiger partial charge >= 0.3 is 0 Å². The minimum absolute atomic E-state index is 0.0348. The Morgan fingerprint density at radius 3 is 2.51 bits per heavy atom. The number of aliphatic hydroxyl groups is 1. The lowest BCUT2D eigenvalue weighted by Gasteiger charge is -2.36. The first kappa shape index (κ1) is 25.5. The van der Waals surface area contributed by atoms with Gasteiger partial charge in [-0.1, -0.05) is 18.2 Å². The summed E-state index contributed by atoms with van der Waals surface area (Å²) in [5.74, 6) is 2.66. The SMILES string of the molecule is COc1ccc(C2CCC(CN(C(=O)C3CCC(O)CC3)c3cccc(-c4ncco4)c3)CC2)cc1C. The standard InChI is InChI=1S/C31H38N2O4/c1-21-18-25(12-15-29(21)36-2)23-8-6-22(7-9-23)20-33(31(35)24-10-13-28(34)14-11-24)27-5-3-4-26(19-27)30-32-16-17-37-30/h3-5,12,15-19,22-24,28,34H,6-11,13-14,20H2,1-2H3. The molecule has 1 amide bonds. The zero-order chi connectivity index (χ0) is 25.8. The Morgan fingerprint density at radius 1 is 1.05 bits per heavy atom. The Balaban J connectivity index is 1.31. The number of ether oxygens (including phenoxy) is 1. The summed E-state index contributed by atoms with van der Waals surface area (Å²) >= 11 is 0. The molecule has 2 aliphatic carbocycles. The number of amides is 1. The minimum Gasteiger partial charge on any atom is -0.496 e. The summed E-state index contributed by atoms with van der Waals surface area (Å²) in [6.07, 6.45) is 10.3. The van der Waals surface area contributed by atoms with E-state index in [0.29, 0.717) is 30.6 Å². The topological polar surface area (TPSA) is 75.8 Å². The summed E-state index contributed by atoms with van der Waals surface area (Å²) in [6.45, 7) is 2.83. The second-order valence-electron chi connectivity index (χ2n) is 10.8. The number of nitrogens with zero attached hydrogens (tertiary/aromatic N) is 2. The molecule has 0 saturated heterocycles. The van der Waals surface area contributed by atoms with Gasteiger partial charge in [0.05, 0.1) is 19.4 Å². The monoisotopic (exact) mass is 502 g/mol. The first-order valence-corrected chi connectivity index (χ1v) is 13.7. The Bertz CT molecular complexity index is 1180. The lowest BCUT2D eigenvalue weighted by molar-refractivity contribution is -0.124. The third-order valence-corrected chi connectivity index (χ3v) is 8.33. The molecule has 1 N–H and O–H groups in total. The van der Waals surface area contributed by atoms with E-state index in [9.17, 15) is 9.90 Å². The number of anilines is 1. The lowest BCUT2D eigenvalue weighted by atomic mass is 9.78. The molecule has 0 bridgehead atoms. The second-order valence-corrected chi connectivity index (χ2v) is 10.8. The van der Waals surface area contributed by atoms with Crippen molar-refractivity contribution in [1.82, 2.24) is 4.98 Å². The molecule has 0 unspecified atom stereocenters. The molecule has 2 saturated carbocycles. The van der Waals surface area contributed by atoms with Crippen molar-refractivity contribution in [2.75, 3.05) is 18.6 Å². The Morgan fingerprint density at radius 2 is 1.84 bits per heavy atom. The third kappa shape index (κ3) is 5.90. The number of methoxy groups -OCH3 is 1. The number of hydrogen-bond acceptors (Lipinski definition) is 5. The first-order valence-electron chi connectivity index (χ1n) is 13.7. The third-order valence-electron chi connectivity index (χ3n) is 8.33. The van der Waals surface area contributed by atoms with Gasteiger partial charge < -0.3 is 19.2 Å². The fourth-order valence-corrected chi connectivity index (χ4v) is 6.13. The van der Waals surface area contributed by atoms with Crippen LogP contribution in [0.3, 0.4) is 0 Å². The lowest BCUT2D eigenvalue weighted by Crippen LogP contribution is -2.41. The molecule has 37 heavy (non-hydrogen) atoms. The van der Waals surface area contributed by atoms with Crippen LogP contribution in [0.25, 0.3) is 11.5 Å². The maximum atomic E-state index is 13.9. The van der Waals surface area contributed by atoms with Crippen molar-refractivity contribution in [2.45, 2.75) is 70.3 Å². The van der Waals surface area contributed by atoms with Crippen LogP contribution in [-0.4, -0.2) is 35.8 Å². The van der Waals surface area contributed by atoms with Crippen molar-refractivity contribution >= 4 is 11.6 Å². The summed E-state index contributed by atoms with van der Waals surface area (Å²) in [6, 6.07) is 14.5. The van der Waals surface area contributed by atoms with Crippen LogP contribution in [0.15, 0.2) is 59.3 Å². The molecule has 3 aromatic rings. The molecular weight excluding hydrogens is 464 g/mol. The molecule has 2 aromatic carbocycles. The van der Waals surface area contributed by atoms with E-state index in [1.165, 1.54) is 11.1 Å². The summed E-state index contributed by atoms with van der Waals surface area (Å²) in [5, 5.41) is 9.98. The number of benzene rings is 2. The number of hydrogen-bond donors (Lipinski definition) is 1. The maximum absolute atomic E-state index is 13.9. The zero-order valence-electron chi connectivity index (χ0n) is 21.9. The van der Waals surface area contributed by atoms with Crippen molar-refractivity contribution in [2.24, 2.45) is 11.8 Å². The average Bonchev–Trinajstić information content (AvgIpc) is 3.47. The van der Waals surface area contributed by atoms with E-state index in [1.807, 2.05) is 29.2 Å². The van der Waals surface area contributed by atoms with Gasteiger partial charge in [0.2, 0.25) is 11.8 Å². The average molecular weight is 503 g/mol. The van der Waals surface area contributed by atoms with Crippen LogP contribution < -0.4 is 9.64 Å². The van der Waals surface area contributed by atoms with Crippen LogP contribution in [-0.2, 0) is 4.79 Å². The van der Waals surface area contributed by atoms with Crippen molar-refractivity contribution in [3.8, 4) is 17.2 Å². The highest BCUT2D eigenvalue weighted by Gasteiger charge is 2.32. The molecule has 1 heterocycles. The Labute approximate surface area is 219 Å². The quantitative estimate of drug-likeness (QED) is 0.398. The highest BCUT2D eigenvalue weighted by atomic mass is 16.5. The van der Waals surface area contributed by atoms with Crippen LogP contribution >= 0.6 is 0 Å². The molecule has 2 fully saturated rings. The van der Waals surface area contributed by atoms with Crippen LogP contribution in [0.4, 0.5) is 5.69 Å². The van der Waals surface area contributed by atoms with Gasteiger partial charge in [-0.2, -0.15) is 0 Å². The largest absolute Gasteiger partial charge is 0.496 e. The van der Waals surface area contributed by atoms with E-state index in [0.717, 1.165) is 62.1 Å². The number of aromatic nitrogens is 1. The summed E-state index contributed by atoms with van der Waals surface area (Å²) < 4.78 is 11.0. The van der Waals surface area contributed by atoms with Gasteiger partial charge in [0, 0.05) is 23.7 Å². The van der Waals surface area contributed by atoms with E-state index < -0.39 is 0 Å². The number of carbonyl (C=O) groups is 1.